The minimum Gasteiger partial charge on any atom is -0.312 e. The Morgan fingerprint density at radius 3 is 2.94 bits per heavy atom. The standard InChI is InChI=1S/C14H25N3/c1-3-13-6-4-5-7-14(13)15-8-9-17-11-12(2)10-16-17/h10-11,13-15H,3-9H2,1-2H3. The molecular formula is C14H25N3. The van der Waals surface area contributed by atoms with Gasteiger partial charge in [0.1, 0.15) is 0 Å². The normalized spacial score (nSPS) is 25.1. The van der Waals surface area contributed by atoms with E-state index in [9.17, 15) is 0 Å². The molecule has 3 nitrogen and oxygen atoms in total. The zero-order valence-electron chi connectivity index (χ0n) is 11.2. The van der Waals surface area contributed by atoms with Crippen LogP contribution in [0, 0.1) is 12.8 Å². The molecule has 0 spiro atoms. The van der Waals surface area contributed by atoms with Crippen molar-refractivity contribution in [3.63, 3.8) is 0 Å². The van der Waals surface area contributed by atoms with E-state index in [1.807, 2.05) is 10.9 Å². The molecule has 1 aliphatic rings. The van der Waals surface area contributed by atoms with Gasteiger partial charge in [-0.3, -0.25) is 4.68 Å². The highest BCUT2D eigenvalue weighted by molar-refractivity contribution is 4.99. The summed E-state index contributed by atoms with van der Waals surface area (Å²) in [4.78, 5) is 0. The van der Waals surface area contributed by atoms with Crippen LogP contribution in [-0.2, 0) is 6.54 Å². The van der Waals surface area contributed by atoms with E-state index in [0.29, 0.717) is 0 Å². The van der Waals surface area contributed by atoms with E-state index < -0.39 is 0 Å². The summed E-state index contributed by atoms with van der Waals surface area (Å²) in [5.41, 5.74) is 1.24. The molecule has 0 aliphatic heterocycles. The van der Waals surface area contributed by atoms with Crippen LogP contribution in [0.25, 0.3) is 0 Å². The van der Waals surface area contributed by atoms with Crippen molar-refractivity contribution in [3.05, 3.63) is 18.0 Å². The van der Waals surface area contributed by atoms with Gasteiger partial charge in [0.15, 0.2) is 0 Å². The van der Waals surface area contributed by atoms with Crippen molar-refractivity contribution in [1.29, 1.82) is 0 Å². The summed E-state index contributed by atoms with van der Waals surface area (Å²) in [5.74, 6) is 0.892. The predicted octanol–water partition coefficient (Wildman–Crippen LogP) is 2.75. The molecule has 0 amide bonds. The summed E-state index contributed by atoms with van der Waals surface area (Å²) in [7, 11) is 0. The topological polar surface area (TPSA) is 29.9 Å². The largest absolute Gasteiger partial charge is 0.312 e. The number of aromatic nitrogens is 2. The summed E-state index contributed by atoms with van der Waals surface area (Å²) >= 11 is 0. The lowest BCUT2D eigenvalue weighted by molar-refractivity contribution is 0.253. The Balaban J connectivity index is 1.73. The highest BCUT2D eigenvalue weighted by Gasteiger charge is 2.22. The lowest BCUT2D eigenvalue weighted by atomic mass is 9.83. The van der Waals surface area contributed by atoms with E-state index in [1.54, 1.807) is 0 Å². The Bertz CT molecular complexity index is 332. The highest BCUT2D eigenvalue weighted by Crippen LogP contribution is 2.26. The second kappa shape index (κ2) is 6.20. The van der Waals surface area contributed by atoms with E-state index in [-0.39, 0.29) is 0 Å². The zero-order valence-corrected chi connectivity index (χ0v) is 11.2. The maximum Gasteiger partial charge on any atom is 0.0534 e. The number of nitrogens with one attached hydrogen (secondary N) is 1. The summed E-state index contributed by atoms with van der Waals surface area (Å²) in [5, 5.41) is 8.03. The third-order valence-corrected chi connectivity index (χ3v) is 3.94. The molecule has 1 N–H and O–H groups in total. The predicted molar refractivity (Wildman–Crippen MR) is 71.0 cm³/mol. The number of hydrogen-bond acceptors (Lipinski definition) is 2. The molecule has 1 aromatic rings. The number of aryl methyl sites for hydroxylation is 1. The van der Waals surface area contributed by atoms with Crippen LogP contribution >= 0.6 is 0 Å². The second-order valence-electron chi connectivity index (χ2n) is 5.29. The zero-order chi connectivity index (χ0) is 12.1. The Labute approximate surface area is 105 Å². The van der Waals surface area contributed by atoms with Gasteiger partial charge in [-0.1, -0.05) is 26.2 Å². The second-order valence-corrected chi connectivity index (χ2v) is 5.29. The first-order valence-electron chi connectivity index (χ1n) is 7.02. The smallest absolute Gasteiger partial charge is 0.0534 e. The van der Waals surface area contributed by atoms with Crippen molar-refractivity contribution in [2.45, 2.75) is 58.5 Å². The van der Waals surface area contributed by atoms with Gasteiger partial charge in [0.2, 0.25) is 0 Å². The molecule has 0 bridgehead atoms. The fourth-order valence-electron chi connectivity index (χ4n) is 2.92. The molecule has 0 aromatic carbocycles. The van der Waals surface area contributed by atoms with Gasteiger partial charge in [0.05, 0.1) is 12.7 Å². The monoisotopic (exact) mass is 235 g/mol. The van der Waals surface area contributed by atoms with E-state index in [1.165, 1.54) is 37.7 Å². The third kappa shape index (κ3) is 3.56. The molecule has 1 saturated carbocycles. The summed E-state index contributed by atoms with van der Waals surface area (Å²) in [6, 6.07) is 0.741. The van der Waals surface area contributed by atoms with E-state index in [4.69, 9.17) is 0 Å². The number of rotatable bonds is 5. The maximum absolute atomic E-state index is 4.31. The minimum absolute atomic E-state index is 0.741. The first kappa shape index (κ1) is 12.6. The number of nitrogens with zero attached hydrogens (tertiary/aromatic N) is 2. The molecule has 0 saturated heterocycles. The van der Waals surface area contributed by atoms with Crippen molar-refractivity contribution >= 4 is 0 Å². The molecule has 2 atom stereocenters. The molecule has 1 fully saturated rings. The first-order valence-corrected chi connectivity index (χ1v) is 7.02. The summed E-state index contributed by atoms with van der Waals surface area (Å²) in [6.07, 6.45) is 10.9. The Kier molecular flexibility index (Phi) is 4.60. The van der Waals surface area contributed by atoms with Crippen LogP contribution in [0.4, 0.5) is 0 Å². The first-order chi connectivity index (χ1) is 8.29. The molecule has 96 valence electrons. The average molecular weight is 235 g/mol. The van der Waals surface area contributed by atoms with Gasteiger partial charge in [0.25, 0.3) is 0 Å². The lowest BCUT2D eigenvalue weighted by Gasteiger charge is -2.31. The fraction of sp³-hybridized carbons (Fsp3) is 0.786. The van der Waals surface area contributed by atoms with Crippen LogP contribution in [-0.4, -0.2) is 22.4 Å². The van der Waals surface area contributed by atoms with E-state index in [2.05, 4.69) is 30.5 Å². The van der Waals surface area contributed by atoms with Gasteiger partial charge in [-0.25, -0.2) is 0 Å². The summed E-state index contributed by atoms with van der Waals surface area (Å²) in [6.45, 7) is 6.44. The fourth-order valence-corrected chi connectivity index (χ4v) is 2.92. The molecule has 1 aromatic heterocycles. The van der Waals surface area contributed by atoms with Gasteiger partial charge in [-0.2, -0.15) is 5.10 Å². The van der Waals surface area contributed by atoms with Crippen molar-refractivity contribution in [2.24, 2.45) is 5.92 Å². The third-order valence-electron chi connectivity index (χ3n) is 3.94. The van der Waals surface area contributed by atoms with Gasteiger partial charge in [-0.15, -0.1) is 0 Å². The van der Waals surface area contributed by atoms with E-state index >= 15 is 0 Å². The average Bonchev–Trinajstić information content (AvgIpc) is 2.76. The van der Waals surface area contributed by atoms with Crippen molar-refractivity contribution < 1.29 is 0 Å². The number of hydrogen-bond donors (Lipinski definition) is 1. The SMILES string of the molecule is CCC1CCCCC1NCCn1cc(C)cn1. The van der Waals surface area contributed by atoms with Crippen LogP contribution in [0.15, 0.2) is 12.4 Å². The van der Waals surface area contributed by atoms with Gasteiger partial charge < -0.3 is 5.32 Å². The van der Waals surface area contributed by atoms with Crippen molar-refractivity contribution in [3.8, 4) is 0 Å². The molecule has 1 aliphatic carbocycles. The van der Waals surface area contributed by atoms with E-state index in [0.717, 1.165) is 25.0 Å². The van der Waals surface area contributed by atoms with Crippen LogP contribution in [0.1, 0.15) is 44.6 Å². The van der Waals surface area contributed by atoms with Crippen LogP contribution in [0.2, 0.25) is 0 Å². The van der Waals surface area contributed by atoms with Crippen molar-refractivity contribution in [1.82, 2.24) is 15.1 Å². The Morgan fingerprint density at radius 2 is 2.24 bits per heavy atom. The Morgan fingerprint density at radius 1 is 1.41 bits per heavy atom. The molecule has 0 radical (unpaired) electrons. The van der Waals surface area contributed by atoms with Crippen LogP contribution < -0.4 is 5.32 Å². The molecule has 3 heteroatoms. The van der Waals surface area contributed by atoms with Crippen LogP contribution in [0.3, 0.4) is 0 Å². The molecule has 2 unspecified atom stereocenters. The maximum atomic E-state index is 4.31. The Hall–Kier alpha value is -0.830. The summed E-state index contributed by atoms with van der Waals surface area (Å²) < 4.78 is 2.03. The van der Waals surface area contributed by atoms with Gasteiger partial charge in [-0.05, 0) is 31.2 Å². The molecule has 2 rings (SSSR count). The molecule has 17 heavy (non-hydrogen) atoms. The van der Waals surface area contributed by atoms with Crippen LogP contribution in [0.5, 0.6) is 0 Å². The molecule has 1 heterocycles. The van der Waals surface area contributed by atoms with Crippen molar-refractivity contribution in [2.75, 3.05) is 6.54 Å². The minimum atomic E-state index is 0.741. The quantitative estimate of drug-likeness (QED) is 0.850. The molecular weight excluding hydrogens is 210 g/mol. The van der Waals surface area contributed by atoms with Gasteiger partial charge in [0, 0.05) is 18.8 Å². The highest BCUT2D eigenvalue weighted by atomic mass is 15.3. The van der Waals surface area contributed by atoms with Gasteiger partial charge >= 0.3 is 0 Å². The lowest BCUT2D eigenvalue weighted by Crippen LogP contribution is -2.39.